The largest absolute Gasteiger partial charge is 0.355 e. The quantitative estimate of drug-likeness (QED) is 0.845. The summed E-state index contributed by atoms with van der Waals surface area (Å²) in [5.74, 6) is -0.348. The highest BCUT2D eigenvalue weighted by molar-refractivity contribution is 9.10. The van der Waals surface area contributed by atoms with Crippen LogP contribution in [-0.2, 0) is 14.8 Å². The molecule has 90 valence electrons. The summed E-state index contributed by atoms with van der Waals surface area (Å²) < 4.78 is 26.3. The van der Waals surface area contributed by atoms with Crippen LogP contribution in [0.4, 0.5) is 0 Å². The zero-order valence-electron chi connectivity index (χ0n) is 8.49. The summed E-state index contributed by atoms with van der Waals surface area (Å²) in [5, 5.41) is 4.16. The number of sulfonamides is 1. The third-order valence-electron chi connectivity index (χ3n) is 1.63. The van der Waals surface area contributed by atoms with Crippen molar-refractivity contribution in [3.8, 4) is 0 Å². The Kier molecular flexibility index (Phi) is 4.90. The summed E-state index contributed by atoms with van der Waals surface area (Å²) >= 11 is 4.22. The zero-order chi connectivity index (χ0) is 12.2. The highest BCUT2D eigenvalue weighted by atomic mass is 79.9. The maximum Gasteiger partial charge on any atom is 0.251 e. The molecule has 1 heterocycles. The lowest BCUT2D eigenvalue weighted by Crippen LogP contribution is -2.36. The van der Waals surface area contributed by atoms with Crippen LogP contribution in [0.1, 0.15) is 6.92 Å². The number of hydrogen-bond donors (Lipinski definition) is 2. The van der Waals surface area contributed by atoms with E-state index in [2.05, 4.69) is 26.0 Å². The number of thiophene rings is 1. The predicted octanol–water partition coefficient (Wildman–Crippen LogP) is 0.925. The van der Waals surface area contributed by atoms with E-state index in [4.69, 9.17) is 0 Å². The molecule has 0 saturated carbocycles. The average Bonchev–Trinajstić information content (AvgIpc) is 2.63. The first-order valence-corrected chi connectivity index (χ1v) is 7.62. The second-order valence-corrected chi connectivity index (χ2v) is 6.57. The summed E-state index contributed by atoms with van der Waals surface area (Å²) in [5.41, 5.74) is 0. The molecular weight excluding hydrogens is 316 g/mol. The molecule has 0 unspecified atom stereocenters. The van der Waals surface area contributed by atoms with Gasteiger partial charge in [0, 0.05) is 11.0 Å². The minimum atomic E-state index is -3.60. The molecule has 0 bridgehead atoms. The highest BCUT2D eigenvalue weighted by Gasteiger charge is 2.19. The third kappa shape index (κ3) is 3.55. The Balaban J connectivity index is 2.67. The van der Waals surface area contributed by atoms with Gasteiger partial charge in [0.05, 0.1) is 6.54 Å². The first kappa shape index (κ1) is 13.6. The molecule has 1 rings (SSSR count). The Bertz CT molecular complexity index is 469. The molecule has 1 aromatic heterocycles. The lowest BCUT2D eigenvalue weighted by molar-refractivity contribution is -0.119. The molecule has 1 amide bonds. The fourth-order valence-electron chi connectivity index (χ4n) is 0.957. The van der Waals surface area contributed by atoms with Gasteiger partial charge in [-0.05, 0) is 34.3 Å². The number of halogens is 1. The van der Waals surface area contributed by atoms with Gasteiger partial charge < -0.3 is 5.32 Å². The Labute approximate surface area is 106 Å². The molecule has 0 saturated heterocycles. The highest BCUT2D eigenvalue weighted by Crippen LogP contribution is 2.26. The van der Waals surface area contributed by atoms with Crippen molar-refractivity contribution >= 4 is 43.2 Å². The van der Waals surface area contributed by atoms with Gasteiger partial charge in [-0.25, -0.2) is 13.1 Å². The summed E-state index contributed by atoms with van der Waals surface area (Å²) in [6.45, 7) is 1.99. The van der Waals surface area contributed by atoms with Crippen molar-refractivity contribution in [3.63, 3.8) is 0 Å². The van der Waals surface area contributed by atoms with Crippen LogP contribution in [0.5, 0.6) is 0 Å². The minimum Gasteiger partial charge on any atom is -0.355 e. The molecule has 0 aliphatic heterocycles. The fourth-order valence-corrected chi connectivity index (χ4v) is 4.32. The van der Waals surface area contributed by atoms with Gasteiger partial charge >= 0.3 is 0 Å². The van der Waals surface area contributed by atoms with Crippen LogP contribution < -0.4 is 10.0 Å². The summed E-state index contributed by atoms with van der Waals surface area (Å²) in [6, 6.07) is 1.64. The summed E-state index contributed by atoms with van der Waals surface area (Å²) in [4.78, 5) is 11.1. The Morgan fingerprint density at radius 3 is 2.75 bits per heavy atom. The number of carbonyl (C=O) groups excluding carboxylic acids is 1. The van der Waals surface area contributed by atoms with Crippen LogP contribution in [0, 0.1) is 0 Å². The second kappa shape index (κ2) is 5.76. The standard InChI is InChI=1S/C8H11BrN2O3S2/c1-2-10-7(12)5-11-16(13,14)8-6(9)3-4-15-8/h3-4,11H,2,5H2,1H3,(H,10,12). The van der Waals surface area contributed by atoms with Gasteiger partial charge in [-0.3, -0.25) is 4.79 Å². The van der Waals surface area contributed by atoms with Gasteiger partial charge in [-0.1, -0.05) is 0 Å². The third-order valence-corrected chi connectivity index (χ3v) is 5.70. The Hall–Kier alpha value is -0.440. The minimum absolute atomic E-state index is 0.178. The molecule has 0 spiro atoms. The van der Waals surface area contributed by atoms with Crippen molar-refractivity contribution in [1.82, 2.24) is 10.0 Å². The van der Waals surface area contributed by atoms with Crippen molar-refractivity contribution in [2.75, 3.05) is 13.1 Å². The van der Waals surface area contributed by atoms with E-state index in [9.17, 15) is 13.2 Å². The van der Waals surface area contributed by atoms with Gasteiger partial charge in [0.15, 0.2) is 0 Å². The first-order chi connectivity index (χ1) is 7.47. The van der Waals surface area contributed by atoms with Gasteiger partial charge in [-0.15, -0.1) is 11.3 Å². The molecule has 0 aromatic carbocycles. The van der Waals surface area contributed by atoms with E-state index in [1.54, 1.807) is 18.4 Å². The first-order valence-electron chi connectivity index (χ1n) is 4.46. The molecular formula is C8H11BrN2O3S2. The Morgan fingerprint density at radius 1 is 1.56 bits per heavy atom. The molecule has 2 N–H and O–H groups in total. The molecule has 5 nitrogen and oxygen atoms in total. The fraction of sp³-hybridized carbons (Fsp3) is 0.375. The summed E-state index contributed by atoms with van der Waals surface area (Å²) in [6.07, 6.45) is 0. The van der Waals surface area contributed by atoms with Crippen LogP contribution in [-0.4, -0.2) is 27.4 Å². The van der Waals surface area contributed by atoms with E-state index in [0.717, 1.165) is 11.3 Å². The molecule has 0 fully saturated rings. The van der Waals surface area contributed by atoms with Crippen molar-refractivity contribution in [2.24, 2.45) is 0 Å². The molecule has 0 atom stereocenters. The number of likely N-dealkylation sites (N-methyl/N-ethyl adjacent to an activating group) is 1. The van der Waals surface area contributed by atoms with E-state index in [-0.39, 0.29) is 16.7 Å². The molecule has 1 aromatic rings. The van der Waals surface area contributed by atoms with Crippen LogP contribution in [0.15, 0.2) is 20.1 Å². The molecule has 0 aliphatic rings. The number of hydrogen-bond acceptors (Lipinski definition) is 4. The summed E-state index contributed by atoms with van der Waals surface area (Å²) in [7, 11) is -3.60. The van der Waals surface area contributed by atoms with E-state index in [1.807, 2.05) is 0 Å². The van der Waals surface area contributed by atoms with Crippen molar-refractivity contribution in [3.05, 3.63) is 15.9 Å². The maximum atomic E-state index is 11.7. The topological polar surface area (TPSA) is 75.3 Å². The van der Waals surface area contributed by atoms with Crippen LogP contribution in [0.2, 0.25) is 0 Å². The molecule has 0 aliphatic carbocycles. The van der Waals surface area contributed by atoms with E-state index < -0.39 is 10.0 Å². The van der Waals surface area contributed by atoms with Crippen molar-refractivity contribution in [2.45, 2.75) is 11.1 Å². The second-order valence-electron chi connectivity index (χ2n) is 2.83. The lowest BCUT2D eigenvalue weighted by atomic mass is 10.6. The van der Waals surface area contributed by atoms with Crippen molar-refractivity contribution in [1.29, 1.82) is 0 Å². The monoisotopic (exact) mass is 326 g/mol. The van der Waals surface area contributed by atoms with Crippen LogP contribution >= 0.6 is 27.3 Å². The van der Waals surface area contributed by atoms with E-state index in [0.29, 0.717) is 11.0 Å². The van der Waals surface area contributed by atoms with E-state index in [1.165, 1.54) is 0 Å². The smallest absolute Gasteiger partial charge is 0.251 e. The van der Waals surface area contributed by atoms with Crippen LogP contribution in [0.3, 0.4) is 0 Å². The number of rotatable bonds is 5. The molecule has 0 radical (unpaired) electrons. The average molecular weight is 327 g/mol. The van der Waals surface area contributed by atoms with Crippen molar-refractivity contribution < 1.29 is 13.2 Å². The van der Waals surface area contributed by atoms with Gasteiger partial charge in [0.2, 0.25) is 5.91 Å². The Morgan fingerprint density at radius 2 is 2.25 bits per heavy atom. The SMILES string of the molecule is CCNC(=O)CNS(=O)(=O)c1sccc1Br. The molecule has 16 heavy (non-hydrogen) atoms. The number of amides is 1. The molecule has 8 heteroatoms. The van der Waals surface area contributed by atoms with Crippen LogP contribution in [0.25, 0.3) is 0 Å². The maximum absolute atomic E-state index is 11.7. The number of nitrogens with one attached hydrogen (secondary N) is 2. The van der Waals surface area contributed by atoms with E-state index >= 15 is 0 Å². The normalized spacial score (nSPS) is 11.4. The lowest BCUT2D eigenvalue weighted by Gasteiger charge is -2.05. The number of carbonyl (C=O) groups is 1. The van der Waals surface area contributed by atoms with Gasteiger partial charge in [0.25, 0.3) is 10.0 Å². The van der Waals surface area contributed by atoms with Gasteiger partial charge in [-0.2, -0.15) is 0 Å². The zero-order valence-corrected chi connectivity index (χ0v) is 11.7. The predicted molar refractivity (Wildman–Crippen MR) is 65.9 cm³/mol. The van der Waals surface area contributed by atoms with Gasteiger partial charge in [0.1, 0.15) is 4.21 Å².